The molecular weight excluding hydrogens is 302 g/mol. The smallest absolute Gasteiger partial charge is 0.329 e. The molecule has 1 fully saturated rings. The number of nitrogens with zero attached hydrogens (tertiary/aromatic N) is 1. The molecule has 0 bridgehead atoms. The molecular formula is C16H25NO4S. The Morgan fingerprint density at radius 3 is 2.23 bits per heavy atom. The summed E-state index contributed by atoms with van der Waals surface area (Å²) >= 11 is 1.46. The van der Waals surface area contributed by atoms with Crippen LogP contribution in [0.25, 0.3) is 0 Å². The molecule has 1 rings (SSSR count). The van der Waals surface area contributed by atoms with E-state index < -0.39 is 23.0 Å². The maximum Gasteiger partial charge on any atom is 0.345 e. The first-order valence-electron chi connectivity index (χ1n) is 7.46. The van der Waals surface area contributed by atoms with Crippen molar-refractivity contribution in [2.24, 2.45) is 5.92 Å². The molecule has 22 heavy (non-hydrogen) atoms. The number of carbonyl (C=O) groups is 3. The van der Waals surface area contributed by atoms with Crippen LogP contribution in [0.5, 0.6) is 0 Å². The lowest BCUT2D eigenvalue weighted by Crippen LogP contribution is -2.36. The zero-order chi connectivity index (χ0) is 17.1. The van der Waals surface area contributed by atoms with E-state index in [4.69, 9.17) is 4.84 Å². The number of carbonyl (C=O) groups excluding carboxylic acids is 3. The van der Waals surface area contributed by atoms with Crippen LogP contribution in [0.4, 0.5) is 0 Å². The molecule has 1 heterocycles. The van der Waals surface area contributed by atoms with Crippen LogP contribution < -0.4 is 0 Å². The van der Waals surface area contributed by atoms with Gasteiger partial charge in [0.05, 0.1) is 0 Å². The van der Waals surface area contributed by atoms with Crippen LogP contribution in [0.3, 0.4) is 0 Å². The maximum absolute atomic E-state index is 12.1. The van der Waals surface area contributed by atoms with Crippen LogP contribution in [0.1, 0.15) is 53.9 Å². The molecule has 1 aliphatic heterocycles. The quantitative estimate of drug-likeness (QED) is 0.531. The summed E-state index contributed by atoms with van der Waals surface area (Å²) in [5.74, 6) is -1.09. The molecule has 0 aromatic rings. The predicted molar refractivity (Wildman–Crippen MR) is 86.9 cm³/mol. The number of amides is 2. The van der Waals surface area contributed by atoms with Crippen LogP contribution in [0, 0.1) is 5.92 Å². The Hall–Kier alpha value is -1.30. The van der Waals surface area contributed by atoms with E-state index in [1.807, 2.05) is 13.8 Å². The van der Waals surface area contributed by atoms with Gasteiger partial charge in [0.15, 0.2) is 0 Å². The third kappa shape index (κ3) is 5.16. The number of hydroxylamine groups is 2. The number of hydrogen-bond acceptors (Lipinski definition) is 5. The third-order valence-electron chi connectivity index (χ3n) is 3.48. The summed E-state index contributed by atoms with van der Waals surface area (Å²) in [6, 6.07) is 0. The first-order chi connectivity index (χ1) is 10.0. The molecule has 5 nitrogen and oxygen atoms in total. The largest absolute Gasteiger partial charge is 0.345 e. The van der Waals surface area contributed by atoms with Gasteiger partial charge in [-0.25, -0.2) is 4.79 Å². The minimum atomic E-state index is -0.572. The normalized spacial score (nSPS) is 17.1. The van der Waals surface area contributed by atoms with Crippen molar-refractivity contribution >= 4 is 29.5 Å². The van der Waals surface area contributed by atoms with E-state index in [9.17, 15) is 14.4 Å². The molecule has 1 atom stereocenters. The summed E-state index contributed by atoms with van der Waals surface area (Å²) in [6.45, 7) is 14.1. The second kappa shape index (κ2) is 7.31. The molecule has 0 N–H and O–H groups in total. The highest BCUT2D eigenvalue weighted by Gasteiger charge is 2.35. The van der Waals surface area contributed by atoms with Gasteiger partial charge in [-0.05, 0) is 19.3 Å². The van der Waals surface area contributed by atoms with E-state index in [0.717, 1.165) is 12.0 Å². The maximum atomic E-state index is 12.1. The number of imide groups is 1. The Morgan fingerprint density at radius 2 is 1.77 bits per heavy atom. The zero-order valence-electron chi connectivity index (χ0n) is 14.0. The monoisotopic (exact) mass is 327 g/mol. The van der Waals surface area contributed by atoms with Crippen LogP contribution in [-0.4, -0.2) is 32.8 Å². The van der Waals surface area contributed by atoms with Crippen LogP contribution >= 0.6 is 11.8 Å². The fraction of sp³-hybridized carbons (Fsp3) is 0.688. The van der Waals surface area contributed by atoms with Crippen molar-refractivity contribution in [3.63, 3.8) is 0 Å². The third-order valence-corrected chi connectivity index (χ3v) is 4.81. The zero-order valence-corrected chi connectivity index (χ0v) is 14.8. The number of thioether (sulfide) groups is 1. The molecule has 6 heteroatoms. The van der Waals surface area contributed by atoms with Crippen molar-refractivity contribution in [2.45, 2.75) is 63.9 Å². The molecule has 0 spiro atoms. The average Bonchev–Trinajstić information content (AvgIpc) is 2.69. The average molecular weight is 327 g/mol. The predicted octanol–water partition coefficient (Wildman–Crippen LogP) is 3.10. The first kappa shape index (κ1) is 18.7. The summed E-state index contributed by atoms with van der Waals surface area (Å²) in [5.41, 5.74) is 1.13. The van der Waals surface area contributed by atoms with E-state index in [-0.39, 0.29) is 17.6 Å². The molecule has 0 radical (unpaired) electrons. The number of allylic oxidation sites excluding steroid dienone is 1. The van der Waals surface area contributed by atoms with Gasteiger partial charge in [-0.3, -0.25) is 9.59 Å². The molecule has 1 unspecified atom stereocenters. The van der Waals surface area contributed by atoms with E-state index in [2.05, 4.69) is 20.4 Å². The highest BCUT2D eigenvalue weighted by atomic mass is 32.2. The van der Waals surface area contributed by atoms with Gasteiger partial charge in [0.1, 0.15) is 5.25 Å². The van der Waals surface area contributed by atoms with E-state index in [0.29, 0.717) is 11.0 Å². The lowest BCUT2D eigenvalue weighted by molar-refractivity contribution is -0.196. The van der Waals surface area contributed by atoms with Gasteiger partial charge in [0.2, 0.25) is 0 Å². The minimum Gasteiger partial charge on any atom is -0.329 e. The molecule has 0 aromatic carbocycles. The Bertz CT molecular complexity index is 469. The topological polar surface area (TPSA) is 63.7 Å². The van der Waals surface area contributed by atoms with Crippen molar-refractivity contribution in [1.82, 2.24) is 5.06 Å². The molecule has 124 valence electrons. The lowest BCUT2D eigenvalue weighted by Gasteiger charge is -2.29. The van der Waals surface area contributed by atoms with Gasteiger partial charge in [0, 0.05) is 17.6 Å². The van der Waals surface area contributed by atoms with Gasteiger partial charge in [-0.15, -0.1) is 16.8 Å². The van der Waals surface area contributed by atoms with Gasteiger partial charge >= 0.3 is 5.97 Å². The summed E-state index contributed by atoms with van der Waals surface area (Å²) in [6.07, 6.45) is 0.995. The van der Waals surface area contributed by atoms with Crippen LogP contribution in [0.2, 0.25) is 0 Å². The lowest BCUT2D eigenvalue weighted by atomic mass is 9.95. The minimum absolute atomic E-state index is 0.105. The van der Waals surface area contributed by atoms with E-state index in [1.165, 1.54) is 11.8 Å². The highest BCUT2D eigenvalue weighted by molar-refractivity contribution is 8.01. The molecule has 0 aromatic heterocycles. The first-order valence-corrected chi connectivity index (χ1v) is 8.34. The van der Waals surface area contributed by atoms with Crippen LogP contribution in [-0.2, 0) is 19.2 Å². The Kier molecular flexibility index (Phi) is 6.23. The highest BCUT2D eigenvalue weighted by Crippen LogP contribution is 2.36. The summed E-state index contributed by atoms with van der Waals surface area (Å²) in [5, 5.41) is 0.121. The van der Waals surface area contributed by atoms with Gasteiger partial charge in [-0.2, -0.15) is 0 Å². The van der Waals surface area contributed by atoms with Crippen molar-refractivity contribution < 1.29 is 19.2 Å². The van der Waals surface area contributed by atoms with Gasteiger partial charge in [0.25, 0.3) is 11.8 Å². The number of rotatable bonds is 7. The fourth-order valence-corrected chi connectivity index (χ4v) is 3.51. The molecule has 1 aliphatic rings. The summed E-state index contributed by atoms with van der Waals surface area (Å²) in [4.78, 5) is 39.9. The van der Waals surface area contributed by atoms with Crippen molar-refractivity contribution in [3.05, 3.63) is 12.2 Å². The number of hydrogen-bond donors (Lipinski definition) is 0. The molecule has 0 saturated carbocycles. The Balaban J connectivity index is 2.58. The van der Waals surface area contributed by atoms with Crippen molar-refractivity contribution in [2.75, 3.05) is 0 Å². The second-order valence-electron chi connectivity index (χ2n) is 6.50. The molecule has 1 saturated heterocycles. The summed E-state index contributed by atoms with van der Waals surface area (Å²) < 4.78 is -0.182. The second-order valence-corrected chi connectivity index (χ2v) is 8.55. The van der Waals surface area contributed by atoms with Crippen molar-refractivity contribution in [3.8, 4) is 0 Å². The van der Waals surface area contributed by atoms with Gasteiger partial charge < -0.3 is 4.84 Å². The van der Waals surface area contributed by atoms with Crippen LogP contribution in [0.15, 0.2) is 12.2 Å². The molecule has 0 aliphatic carbocycles. The Labute approximate surface area is 136 Å². The van der Waals surface area contributed by atoms with Crippen molar-refractivity contribution in [1.29, 1.82) is 0 Å². The summed E-state index contributed by atoms with van der Waals surface area (Å²) in [7, 11) is 0. The molecule has 2 amide bonds. The standard InChI is InChI=1S/C16H25NO4S/c1-10(2)11(3)9-16(5,6)22-12(4)15(20)21-17-13(18)7-8-14(17)19/h10,12H,3,7-9H2,1-2,4-6H3. The fourth-order valence-electron chi connectivity index (χ4n) is 2.14. The SMILES string of the molecule is C=C(CC(C)(C)SC(C)C(=O)ON1C(=O)CCC1=O)C(C)C. The van der Waals surface area contributed by atoms with Gasteiger partial charge in [-0.1, -0.05) is 39.8 Å². The van der Waals surface area contributed by atoms with E-state index >= 15 is 0 Å². The van der Waals surface area contributed by atoms with E-state index in [1.54, 1.807) is 6.92 Å². The Morgan fingerprint density at radius 1 is 1.27 bits per heavy atom.